The molecule has 3 aromatic rings. The van der Waals surface area contributed by atoms with Gasteiger partial charge in [-0.2, -0.15) is 0 Å². The molecule has 1 aromatic heterocycles. The Morgan fingerprint density at radius 2 is 1.24 bits per heavy atom. The van der Waals surface area contributed by atoms with Crippen LogP contribution in [0, 0.1) is 24.7 Å². The molecule has 0 unspecified atom stereocenters. The Morgan fingerprint density at radius 1 is 0.765 bits per heavy atom. The first kappa shape index (κ1) is 9.97. The van der Waals surface area contributed by atoms with Crippen molar-refractivity contribution in [2.75, 3.05) is 0 Å². The van der Waals surface area contributed by atoms with E-state index in [1.807, 2.05) is 24.3 Å². The minimum absolute atomic E-state index is 0.937. The van der Waals surface area contributed by atoms with E-state index in [1.165, 1.54) is 10.8 Å². The summed E-state index contributed by atoms with van der Waals surface area (Å²) >= 11 is 1.68. The van der Waals surface area contributed by atoms with Gasteiger partial charge in [0.1, 0.15) is 0 Å². The first-order valence-corrected chi connectivity index (χ1v) is 6.04. The van der Waals surface area contributed by atoms with Crippen molar-refractivity contribution in [3.63, 3.8) is 0 Å². The van der Waals surface area contributed by atoms with Gasteiger partial charge in [-0.3, -0.25) is 0 Å². The second-order valence-electron chi connectivity index (χ2n) is 3.76. The number of fused-ring (bicyclic) bond motifs is 3. The SMILES string of the molecule is C#Cc1cccc2c1sc1c(C#C)cccc12. The van der Waals surface area contributed by atoms with E-state index in [-0.39, 0.29) is 0 Å². The van der Waals surface area contributed by atoms with Gasteiger partial charge in [0.05, 0.1) is 9.40 Å². The van der Waals surface area contributed by atoms with Crippen LogP contribution in [0.4, 0.5) is 0 Å². The molecule has 0 aliphatic carbocycles. The summed E-state index contributed by atoms with van der Waals surface area (Å²) in [6.45, 7) is 0. The summed E-state index contributed by atoms with van der Waals surface area (Å²) in [6, 6.07) is 12.1. The lowest BCUT2D eigenvalue weighted by Gasteiger charge is -1.94. The van der Waals surface area contributed by atoms with Crippen LogP contribution < -0.4 is 0 Å². The van der Waals surface area contributed by atoms with Gasteiger partial charge in [-0.05, 0) is 12.1 Å². The van der Waals surface area contributed by atoms with E-state index >= 15 is 0 Å². The molecule has 3 rings (SSSR count). The van der Waals surface area contributed by atoms with Gasteiger partial charge in [0, 0.05) is 21.9 Å². The van der Waals surface area contributed by atoms with Gasteiger partial charge in [0.15, 0.2) is 0 Å². The zero-order chi connectivity index (χ0) is 11.8. The molecule has 0 saturated heterocycles. The van der Waals surface area contributed by atoms with Crippen LogP contribution in [-0.2, 0) is 0 Å². The Morgan fingerprint density at radius 3 is 1.65 bits per heavy atom. The molecule has 0 saturated carbocycles. The van der Waals surface area contributed by atoms with E-state index in [9.17, 15) is 0 Å². The van der Waals surface area contributed by atoms with Crippen LogP contribution in [-0.4, -0.2) is 0 Å². The average molecular weight is 232 g/mol. The van der Waals surface area contributed by atoms with Crippen molar-refractivity contribution >= 4 is 31.5 Å². The van der Waals surface area contributed by atoms with Crippen molar-refractivity contribution in [1.29, 1.82) is 0 Å². The van der Waals surface area contributed by atoms with Gasteiger partial charge >= 0.3 is 0 Å². The van der Waals surface area contributed by atoms with Crippen molar-refractivity contribution in [1.82, 2.24) is 0 Å². The summed E-state index contributed by atoms with van der Waals surface area (Å²) in [5.41, 5.74) is 1.87. The predicted molar refractivity (Wildman–Crippen MR) is 75.2 cm³/mol. The highest BCUT2D eigenvalue weighted by atomic mass is 32.1. The standard InChI is InChI=1S/C16H8S/c1-3-11-7-5-9-13-14-10-6-8-12(4-2)16(14)17-15(11)13/h1-2,5-10H. The van der Waals surface area contributed by atoms with Gasteiger partial charge in [-0.15, -0.1) is 24.2 Å². The molecule has 17 heavy (non-hydrogen) atoms. The molecule has 1 heteroatoms. The van der Waals surface area contributed by atoms with Crippen LogP contribution in [0.1, 0.15) is 11.1 Å². The second kappa shape index (κ2) is 3.67. The summed E-state index contributed by atoms with van der Waals surface area (Å²) in [7, 11) is 0. The lowest BCUT2D eigenvalue weighted by Crippen LogP contribution is -1.73. The maximum absolute atomic E-state index is 5.52. The molecule has 0 nitrogen and oxygen atoms in total. The molecule has 0 atom stereocenters. The van der Waals surface area contributed by atoms with Gasteiger partial charge in [0.25, 0.3) is 0 Å². The third kappa shape index (κ3) is 1.34. The third-order valence-corrected chi connectivity index (χ3v) is 4.12. The van der Waals surface area contributed by atoms with Crippen LogP contribution in [0.25, 0.3) is 20.2 Å². The van der Waals surface area contributed by atoms with E-state index in [0.29, 0.717) is 0 Å². The van der Waals surface area contributed by atoms with Gasteiger partial charge < -0.3 is 0 Å². The number of terminal acetylenes is 2. The highest BCUT2D eigenvalue weighted by molar-refractivity contribution is 7.26. The highest BCUT2D eigenvalue weighted by Crippen LogP contribution is 2.37. The molecule has 0 bridgehead atoms. The molecule has 78 valence electrons. The monoisotopic (exact) mass is 232 g/mol. The Labute approximate surface area is 104 Å². The molecule has 2 aromatic carbocycles. The Balaban J connectivity index is 2.60. The lowest BCUT2D eigenvalue weighted by molar-refractivity contribution is 1.77. The molecular weight excluding hydrogens is 224 g/mol. The Kier molecular flexibility index (Phi) is 2.15. The Bertz CT molecular complexity index is 739. The van der Waals surface area contributed by atoms with E-state index in [1.54, 1.807) is 11.3 Å². The maximum Gasteiger partial charge on any atom is 0.0512 e. The smallest absolute Gasteiger partial charge is 0.0512 e. The van der Waals surface area contributed by atoms with E-state index < -0.39 is 0 Å². The van der Waals surface area contributed by atoms with Gasteiger partial charge in [-0.25, -0.2) is 0 Å². The molecular formula is C16H8S. The molecule has 0 aliphatic rings. The van der Waals surface area contributed by atoms with Crippen molar-refractivity contribution in [3.8, 4) is 24.7 Å². The first-order valence-electron chi connectivity index (χ1n) is 5.22. The zero-order valence-electron chi connectivity index (χ0n) is 9.03. The van der Waals surface area contributed by atoms with Crippen molar-refractivity contribution in [2.45, 2.75) is 0 Å². The number of hydrogen-bond donors (Lipinski definition) is 0. The molecule has 0 radical (unpaired) electrons. The van der Waals surface area contributed by atoms with Gasteiger partial charge in [0.2, 0.25) is 0 Å². The zero-order valence-corrected chi connectivity index (χ0v) is 9.84. The largest absolute Gasteiger partial charge is 0.133 e. The summed E-state index contributed by atoms with van der Waals surface area (Å²) < 4.78 is 2.29. The van der Waals surface area contributed by atoms with E-state index in [2.05, 4.69) is 24.0 Å². The number of benzene rings is 2. The number of hydrogen-bond acceptors (Lipinski definition) is 1. The fourth-order valence-electron chi connectivity index (χ4n) is 2.05. The van der Waals surface area contributed by atoms with E-state index in [4.69, 9.17) is 12.8 Å². The topological polar surface area (TPSA) is 0 Å². The van der Waals surface area contributed by atoms with Gasteiger partial charge in [-0.1, -0.05) is 36.1 Å². The fourth-order valence-corrected chi connectivity index (χ4v) is 3.30. The molecule has 1 heterocycles. The van der Waals surface area contributed by atoms with E-state index in [0.717, 1.165) is 20.5 Å². The predicted octanol–water partition coefficient (Wildman–Crippen LogP) is 4.02. The molecule has 0 spiro atoms. The van der Waals surface area contributed by atoms with Crippen molar-refractivity contribution in [3.05, 3.63) is 47.5 Å². The average Bonchev–Trinajstić information content (AvgIpc) is 2.77. The molecule has 0 fully saturated rings. The normalized spacial score (nSPS) is 10.2. The quantitative estimate of drug-likeness (QED) is 0.514. The second-order valence-corrected chi connectivity index (χ2v) is 4.78. The molecule has 0 N–H and O–H groups in total. The number of rotatable bonds is 0. The number of thiophene rings is 1. The molecule has 0 aliphatic heterocycles. The van der Waals surface area contributed by atoms with Crippen molar-refractivity contribution in [2.24, 2.45) is 0 Å². The lowest BCUT2D eigenvalue weighted by atomic mass is 10.1. The maximum atomic E-state index is 5.52. The van der Waals surface area contributed by atoms with Crippen LogP contribution >= 0.6 is 11.3 Å². The fraction of sp³-hybridized carbons (Fsp3) is 0. The highest BCUT2D eigenvalue weighted by Gasteiger charge is 2.09. The minimum Gasteiger partial charge on any atom is -0.133 e. The molecule has 0 amide bonds. The summed E-state index contributed by atoms with van der Waals surface area (Å²) in [6.07, 6.45) is 11.0. The van der Waals surface area contributed by atoms with Crippen LogP contribution in [0.3, 0.4) is 0 Å². The van der Waals surface area contributed by atoms with Crippen molar-refractivity contribution < 1.29 is 0 Å². The van der Waals surface area contributed by atoms with Crippen LogP contribution in [0.15, 0.2) is 36.4 Å². The first-order chi connectivity index (χ1) is 8.35. The minimum atomic E-state index is 0.937. The summed E-state index contributed by atoms with van der Waals surface area (Å²) in [5, 5.41) is 2.38. The van der Waals surface area contributed by atoms with Crippen LogP contribution in [0.2, 0.25) is 0 Å². The Hall–Kier alpha value is -2.22. The summed E-state index contributed by atoms with van der Waals surface area (Å²) in [4.78, 5) is 0. The third-order valence-electron chi connectivity index (χ3n) is 2.84. The van der Waals surface area contributed by atoms with Crippen LogP contribution in [0.5, 0.6) is 0 Å². The summed E-state index contributed by atoms with van der Waals surface area (Å²) in [5.74, 6) is 5.45.